The minimum atomic E-state index is 0.00116. The molecule has 2 N–H and O–H groups in total. The van der Waals surface area contributed by atoms with E-state index in [0.717, 1.165) is 17.9 Å². The number of thioether (sulfide) groups is 1. The summed E-state index contributed by atoms with van der Waals surface area (Å²) in [6.45, 7) is 2.04. The molecule has 1 aromatic rings. The number of nitrogens with one attached hydrogen (secondary N) is 2. The number of carbonyl (C=O) groups excluding carboxylic acids is 1. The van der Waals surface area contributed by atoms with E-state index in [0.29, 0.717) is 5.56 Å². The molecule has 94 valence electrons. The van der Waals surface area contributed by atoms with Gasteiger partial charge in [-0.05, 0) is 49.6 Å². The highest BCUT2D eigenvalue weighted by Crippen LogP contribution is 2.09. The first kappa shape index (κ1) is 13.9. The largest absolute Gasteiger partial charge is 0.388 e. The van der Waals surface area contributed by atoms with Crippen molar-refractivity contribution in [3.05, 3.63) is 29.8 Å². The molecule has 0 bridgehead atoms. The first-order valence-corrected chi connectivity index (χ1v) is 7.14. The molecule has 1 unspecified atom stereocenters. The first-order valence-electron chi connectivity index (χ1n) is 5.75. The Morgan fingerprint density at radius 3 is 2.53 bits per heavy atom. The number of benzene rings is 1. The molecule has 0 radical (unpaired) electrons. The Balaban J connectivity index is 2.51. The highest BCUT2D eigenvalue weighted by molar-refractivity contribution is 7.98. The van der Waals surface area contributed by atoms with E-state index in [-0.39, 0.29) is 11.9 Å². The van der Waals surface area contributed by atoms with Crippen LogP contribution in [0, 0.1) is 0 Å². The molecule has 0 aliphatic rings. The Morgan fingerprint density at radius 2 is 2.00 bits per heavy atom. The predicted octanol–water partition coefficient (Wildman–Crippen LogP) is 2.60. The van der Waals surface area contributed by atoms with E-state index >= 15 is 0 Å². The van der Waals surface area contributed by atoms with Gasteiger partial charge < -0.3 is 10.6 Å². The van der Waals surface area contributed by atoms with Gasteiger partial charge in [0.05, 0.1) is 0 Å². The van der Waals surface area contributed by atoms with Crippen molar-refractivity contribution in [2.75, 3.05) is 24.4 Å². The third-order valence-electron chi connectivity index (χ3n) is 2.57. The summed E-state index contributed by atoms with van der Waals surface area (Å²) in [7, 11) is 1.86. The van der Waals surface area contributed by atoms with Crippen molar-refractivity contribution in [2.45, 2.75) is 19.4 Å². The minimum Gasteiger partial charge on any atom is -0.388 e. The van der Waals surface area contributed by atoms with Gasteiger partial charge in [-0.2, -0.15) is 11.8 Å². The zero-order chi connectivity index (χ0) is 12.7. The second-order valence-electron chi connectivity index (χ2n) is 3.98. The molecule has 0 fully saturated rings. The van der Waals surface area contributed by atoms with Crippen molar-refractivity contribution in [3.63, 3.8) is 0 Å². The molecule has 17 heavy (non-hydrogen) atoms. The molecule has 3 nitrogen and oxygen atoms in total. The Bertz CT molecular complexity index is 351. The number of hydrogen-bond acceptors (Lipinski definition) is 3. The summed E-state index contributed by atoms with van der Waals surface area (Å²) in [6, 6.07) is 7.70. The monoisotopic (exact) mass is 252 g/mol. The van der Waals surface area contributed by atoms with Gasteiger partial charge in [-0.1, -0.05) is 0 Å². The van der Waals surface area contributed by atoms with Crippen LogP contribution in [0.4, 0.5) is 5.69 Å². The van der Waals surface area contributed by atoms with Crippen LogP contribution in [0.15, 0.2) is 24.3 Å². The zero-order valence-corrected chi connectivity index (χ0v) is 11.4. The summed E-state index contributed by atoms with van der Waals surface area (Å²) < 4.78 is 0. The Hall–Kier alpha value is -1.16. The lowest BCUT2D eigenvalue weighted by molar-refractivity contribution is 0.0939. The van der Waals surface area contributed by atoms with Crippen LogP contribution < -0.4 is 10.6 Å². The summed E-state index contributed by atoms with van der Waals surface area (Å²) in [4.78, 5) is 11.9. The van der Waals surface area contributed by atoms with Gasteiger partial charge in [0.1, 0.15) is 0 Å². The molecule has 0 saturated heterocycles. The van der Waals surface area contributed by atoms with E-state index in [1.165, 1.54) is 0 Å². The van der Waals surface area contributed by atoms with Crippen LogP contribution in [0.2, 0.25) is 0 Å². The van der Waals surface area contributed by atoms with E-state index in [4.69, 9.17) is 0 Å². The number of carbonyl (C=O) groups is 1. The topological polar surface area (TPSA) is 41.1 Å². The third-order valence-corrected chi connectivity index (χ3v) is 3.21. The molecule has 1 rings (SSSR count). The van der Waals surface area contributed by atoms with Crippen molar-refractivity contribution < 1.29 is 4.79 Å². The van der Waals surface area contributed by atoms with Gasteiger partial charge in [-0.3, -0.25) is 4.79 Å². The SMILES string of the molecule is CNc1ccc(C(=O)NC(C)CCSC)cc1. The maximum Gasteiger partial charge on any atom is 0.251 e. The van der Waals surface area contributed by atoms with E-state index in [2.05, 4.69) is 16.9 Å². The van der Waals surface area contributed by atoms with Gasteiger partial charge in [0.25, 0.3) is 5.91 Å². The van der Waals surface area contributed by atoms with Crippen molar-refractivity contribution in [1.29, 1.82) is 0 Å². The quantitative estimate of drug-likeness (QED) is 0.817. The fourth-order valence-corrected chi connectivity index (χ4v) is 2.05. The van der Waals surface area contributed by atoms with Crippen molar-refractivity contribution in [3.8, 4) is 0 Å². The van der Waals surface area contributed by atoms with Gasteiger partial charge in [-0.15, -0.1) is 0 Å². The number of anilines is 1. The number of rotatable bonds is 6. The van der Waals surface area contributed by atoms with Crippen LogP contribution in [0.3, 0.4) is 0 Å². The smallest absolute Gasteiger partial charge is 0.251 e. The minimum absolute atomic E-state index is 0.00116. The summed E-state index contributed by atoms with van der Waals surface area (Å²) in [5, 5.41) is 6.02. The fraction of sp³-hybridized carbons (Fsp3) is 0.462. The van der Waals surface area contributed by atoms with Gasteiger partial charge in [0.2, 0.25) is 0 Å². The Kier molecular flexibility index (Phi) is 5.91. The highest BCUT2D eigenvalue weighted by Gasteiger charge is 2.08. The molecule has 0 aliphatic heterocycles. The highest BCUT2D eigenvalue weighted by atomic mass is 32.2. The van der Waals surface area contributed by atoms with Crippen molar-refractivity contribution in [1.82, 2.24) is 5.32 Å². The second-order valence-corrected chi connectivity index (χ2v) is 4.97. The van der Waals surface area contributed by atoms with E-state index in [1.54, 1.807) is 11.8 Å². The lowest BCUT2D eigenvalue weighted by Crippen LogP contribution is -2.32. The average molecular weight is 252 g/mol. The Labute approximate surface area is 107 Å². The average Bonchev–Trinajstić information content (AvgIpc) is 2.36. The van der Waals surface area contributed by atoms with Crippen LogP contribution in [0.5, 0.6) is 0 Å². The zero-order valence-electron chi connectivity index (χ0n) is 10.6. The molecule has 1 amide bonds. The third kappa shape index (κ3) is 4.69. The van der Waals surface area contributed by atoms with Gasteiger partial charge in [0.15, 0.2) is 0 Å². The van der Waals surface area contributed by atoms with Crippen LogP contribution in [0.1, 0.15) is 23.7 Å². The summed E-state index contributed by atoms with van der Waals surface area (Å²) >= 11 is 1.80. The van der Waals surface area contributed by atoms with Crippen molar-refractivity contribution in [2.24, 2.45) is 0 Å². The second kappa shape index (κ2) is 7.22. The molecule has 0 aliphatic carbocycles. The van der Waals surface area contributed by atoms with E-state index in [1.807, 2.05) is 38.2 Å². The van der Waals surface area contributed by atoms with E-state index in [9.17, 15) is 4.79 Å². The molecule has 0 aromatic heterocycles. The van der Waals surface area contributed by atoms with Crippen LogP contribution in [0.25, 0.3) is 0 Å². The Morgan fingerprint density at radius 1 is 1.35 bits per heavy atom. The fourth-order valence-electron chi connectivity index (χ4n) is 1.46. The van der Waals surface area contributed by atoms with E-state index < -0.39 is 0 Å². The lowest BCUT2D eigenvalue weighted by atomic mass is 10.1. The molecule has 0 heterocycles. The lowest BCUT2D eigenvalue weighted by Gasteiger charge is -2.13. The van der Waals surface area contributed by atoms with Crippen LogP contribution in [-0.2, 0) is 0 Å². The maximum atomic E-state index is 11.9. The van der Waals surface area contributed by atoms with Gasteiger partial charge in [-0.25, -0.2) is 0 Å². The summed E-state index contributed by atoms with van der Waals surface area (Å²) in [5.41, 5.74) is 1.72. The molecule has 0 spiro atoms. The molecule has 1 aromatic carbocycles. The molecule has 1 atom stereocenters. The number of amides is 1. The first-order chi connectivity index (χ1) is 8.17. The standard InChI is InChI=1S/C13H20N2OS/c1-10(8-9-17-3)15-13(16)11-4-6-12(14-2)7-5-11/h4-7,10,14H,8-9H2,1-3H3,(H,15,16). The summed E-state index contributed by atoms with van der Waals surface area (Å²) in [6.07, 6.45) is 3.08. The molecule has 4 heteroatoms. The normalized spacial score (nSPS) is 11.9. The molecule has 0 saturated carbocycles. The molecular weight excluding hydrogens is 232 g/mol. The molecular formula is C13H20N2OS. The van der Waals surface area contributed by atoms with Gasteiger partial charge >= 0.3 is 0 Å². The van der Waals surface area contributed by atoms with Crippen molar-refractivity contribution >= 4 is 23.4 Å². The van der Waals surface area contributed by atoms with Crippen LogP contribution >= 0.6 is 11.8 Å². The number of hydrogen-bond donors (Lipinski definition) is 2. The summed E-state index contributed by atoms with van der Waals surface area (Å²) in [5.74, 6) is 1.07. The van der Waals surface area contributed by atoms with Gasteiger partial charge in [0, 0.05) is 24.3 Å². The van der Waals surface area contributed by atoms with Crippen LogP contribution in [-0.4, -0.2) is 31.0 Å². The predicted molar refractivity (Wildman–Crippen MR) is 75.9 cm³/mol. The maximum absolute atomic E-state index is 11.9.